The topological polar surface area (TPSA) is 23.8 Å². The molecule has 0 bridgehead atoms. The van der Waals surface area contributed by atoms with Gasteiger partial charge in [-0.25, -0.2) is 0 Å². The average Bonchev–Trinajstić information content (AvgIpc) is 3.10. The lowest BCUT2D eigenvalue weighted by atomic mass is 9.94. The van der Waals surface area contributed by atoms with Gasteiger partial charge in [0.25, 0.3) is 0 Å². The molecule has 2 rings (SSSR count). The van der Waals surface area contributed by atoms with Crippen LogP contribution in [0.3, 0.4) is 0 Å². The summed E-state index contributed by atoms with van der Waals surface area (Å²) in [5.74, 6) is 0. The monoisotopic (exact) mass is 247 g/mol. The number of benzene rings is 1. The average molecular weight is 247 g/mol. The van der Waals surface area contributed by atoms with Gasteiger partial charge in [0, 0.05) is 4.90 Å². The van der Waals surface area contributed by atoms with Crippen molar-refractivity contribution in [3.63, 3.8) is 0 Å². The third-order valence-electron chi connectivity index (χ3n) is 3.30. The van der Waals surface area contributed by atoms with E-state index >= 15 is 0 Å². The van der Waals surface area contributed by atoms with E-state index in [4.69, 9.17) is 5.26 Å². The van der Waals surface area contributed by atoms with E-state index in [1.807, 2.05) is 20.1 Å². The van der Waals surface area contributed by atoms with E-state index in [9.17, 15) is 0 Å². The maximum absolute atomic E-state index is 9.12. The fraction of sp³-hybridized carbons (Fsp3) is 0.533. The Bertz CT molecular complexity index is 439. The van der Waals surface area contributed by atoms with Gasteiger partial charge in [-0.3, -0.25) is 0 Å². The van der Waals surface area contributed by atoms with Gasteiger partial charge in [-0.1, -0.05) is 26.8 Å². The summed E-state index contributed by atoms with van der Waals surface area (Å²) in [7, 11) is 0. The van der Waals surface area contributed by atoms with Crippen LogP contribution in [0, 0.1) is 18.3 Å². The minimum Gasteiger partial charge on any atom is -0.192 e. The summed E-state index contributed by atoms with van der Waals surface area (Å²) in [4.78, 5) is 1.13. The molecule has 1 saturated carbocycles. The van der Waals surface area contributed by atoms with Crippen LogP contribution in [0.25, 0.3) is 0 Å². The van der Waals surface area contributed by atoms with Crippen LogP contribution < -0.4 is 0 Å². The molecule has 0 spiro atoms. The summed E-state index contributed by atoms with van der Waals surface area (Å²) >= 11 is 1.66. The van der Waals surface area contributed by atoms with E-state index in [1.54, 1.807) is 11.8 Å². The van der Waals surface area contributed by atoms with Crippen LogP contribution in [0.5, 0.6) is 0 Å². The molecule has 1 aliphatic rings. The van der Waals surface area contributed by atoms with Crippen molar-refractivity contribution in [2.24, 2.45) is 0 Å². The minimum atomic E-state index is 0.354. The molecule has 1 nitrogen and oxygen atoms in total. The maximum atomic E-state index is 9.12. The third kappa shape index (κ3) is 2.84. The quantitative estimate of drug-likeness (QED) is 0.709. The van der Waals surface area contributed by atoms with Crippen molar-refractivity contribution in [1.82, 2.24) is 0 Å². The van der Waals surface area contributed by atoms with Gasteiger partial charge >= 0.3 is 0 Å². The Balaban J connectivity index is 0.000000686. The van der Waals surface area contributed by atoms with Gasteiger partial charge in [-0.05, 0) is 48.6 Å². The molecule has 0 radical (unpaired) electrons. The van der Waals surface area contributed by atoms with E-state index in [0.717, 1.165) is 10.5 Å². The molecule has 0 heterocycles. The minimum absolute atomic E-state index is 0.354. The number of rotatable bonds is 2. The summed E-state index contributed by atoms with van der Waals surface area (Å²) in [6.07, 6.45) is 4.55. The molecule has 0 saturated heterocycles. The number of aryl methyl sites for hydroxylation is 1. The number of thioether (sulfide) groups is 1. The summed E-state index contributed by atoms with van der Waals surface area (Å²) < 4.78 is 0. The Labute approximate surface area is 109 Å². The van der Waals surface area contributed by atoms with Crippen molar-refractivity contribution in [2.45, 2.75) is 50.8 Å². The smallest absolute Gasteiger partial charge is 0.100 e. The molecular formula is C15H21NS. The van der Waals surface area contributed by atoms with Gasteiger partial charge in [0.05, 0.1) is 5.56 Å². The summed E-state index contributed by atoms with van der Waals surface area (Å²) in [6.45, 7) is 8.38. The first kappa shape index (κ1) is 14.1. The predicted molar refractivity (Wildman–Crippen MR) is 75.6 cm³/mol. The Kier molecular flexibility index (Phi) is 4.65. The van der Waals surface area contributed by atoms with Crippen molar-refractivity contribution in [3.8, 4) is 6.07 Å². The fourth-order valence-corrected chi connectivity index (χ4v) is 2.66. The van der Waals surface area contributed by atoms with E-state index in [2.05, 4.69) is 32.0 Å². The van der Waals surface area contributed by atoms with Gasteiger partial charge in [-0.15, -0.1) is 11.8 Å². The van der Waals surface area contributed by atoms with Crippen LogP contribution in [0.1, 0.15) is 50.3 Å². The highest BCUT2D eigenvalue weighted by Gasteiger charge is 2.39. The highest BCUT2D eigenvalue weighted by Crippen LogP contribution is 2.48. The Morgan fingerprint density at radius 2 is 1.88 bits per heavy atom. The highest BCUT2D eigenvalue weighted by molar-refractivity contribution is 7.98. The van der Waals surface area contributed by atoms with Gasteiger partial charge < -0.3 is 0 Å². The zero-order chi connectivity index (χ0) is 13.1. The Morgan fingerprint density at radius 1 is 1.29 bits per heavy atom. The van der Waals surface area contributed by atoms with E-state index in [-0.39, 0.29) is 0 Å². The normalized spacial score (nSPS) is 15.5. The third-order valence-corrected chi connectivity index (χ3v) is 4.25. The zero-order valence-corrected chi connectivity index (χ0v) is 12.2. The molecule has 1 aliphatic carbocycles. The van der Waals surface area contributed by atoms with Crippen LogP contribution in [0.4, 0.5) is 0 Å². The van der Waals surface area contributed by atoms with E-state index < -0.39 is 0 Å². The van der Waals surface area contributed by atoms with Crippen LogP contribution >= 0.6 is 11.8 Å². The maximum Gasteiger partial charge on any atom is 0.100 e. The lowest BCUT2D eigenvalue weighted by Crippen LogP contribution is -2.02. The van der Waals surface area contributed by atoms with Crippen molar-refractivity contribution in [3.05, 3.63) is 28.8 Å². The standard InChI is InChI=1S/C13H15NS.C2H6/c1-9-6-11(13(2)4-5-13)7-10(8-14)12(9)15-3;1-2/h6-7H,4-5H2,1-3H3;1-2H3. The first-order valence-electron chi connectivity index (χ1n) is 6.20. The second-order valence-corrected chi connectivity index (χ2v) is 5.36. The molecule has 1 aromatic carbocycles. The number of nitriles is 1. The van der Waals surface area contributed by atoms with Gasteiger partial charge in [0.15, 0.2) is 0 Å². The lowest BCUT2D eigenvalue weighted by molar-refractivity contribution is 0.784. The molecule has 0 aromatic heterocycles. The molecule has 0 atom stereocenters. The number of hydrogen-bond acceptors (Lipinski definition) is 2. The lowest BCUT2D eigenvalue weighted by Gasteiger charge is -2.13. The molecule has 0 amide bonds. The van der Waals surface area contributed by atoms with Crippen molar-refractivity contribution < 1.29 is 0 Å². The van der Waals surface area contributed by atoms with E-state index in [1.165, 1.54) is 24.0 Å². The van der Waals surface area contributed by atoms with Gasteiger partial charge in [-0.2, -0.15) is 5.26 Å². The number of hydrogen-bond donors (Lipinski definition) is 0. The molecule has 0 unspecified atom stereocenters. The molecule has 1 fully saturated rings. The Morgan fingerprint density at radius 3 is 2.29 bits per heavy atom. The van der Waals surface area contributed by atoms with Crippen molar-refractivity contribution in [2.75, 3.05) is 6.26 Å². The fourth-order valence-electron chi connectivity index (χ4n) is 1.95. The molecule has 2 heteroatoms. The summed E-state index contributed by atoms with van der Waals surface area (Å²) in [5, 5.41) is 9.12. The summed E-state index contributed by atoms with van der Waals surface area (Å²) in [5.41, 5.74) is 3.78. The Hall–Kier alpha value is -0.940. The molecule has 17 heavy (non-hydrogen) atoms. The molecule has 1 aromatic rings. The highest BCUT2D eigenvalue weighted by atomic mass is 32.2. The van der Waals surface area contributed by atoms with Crippen LogP contribution in [0.15, 0.2) is 17.0 Å². The van der Waals surface area contributed by atoms with Crippen LogP contribution in [-0.2, 0) is 5.41 Å². The SMILES string of the molecule is CC.CSc1c(C)cc(C2(C)CC2)cc1C#N. The molecule has 0 N–H and O–H groups in total. The molecular weight excluding hydrogens is 226 g/mol. The van der Waals surface area contributed by atoms with Crippen molar-refractivity contribution >= 4 is 11.8 Å². The summed E-state index contributed by atoms with van der Waals surface area (Å²) in [6, 6.07) is 6.63. The molecule has 0 aliphatic heterocycles. The van der Waals surface area contributed by atoms with Crippen LogP contribution in [0.2, 0.25) is 0 Å². The van der Waals surface area contributed by atoms with Crippen molar-refractivity contribution in [1.29, 1.82) is 5.26 Å². The second-order valence-electron chi connectivity index (χ2n) is 4.55. The first-order chi connectivity index (χ1) is 8.10. The number of nitrogens with zero attached hydrogens (tertiary/aromatic N) is 1. The first-order valence-corrected chi connectivity index (χ1v) is 7.42. The predicted octanol–water partition coefficient (Wildman–Crippen LogP) is 4.67. The largest absolute Gasteiger partial charge is 0.192 e. The van der Waals surface area contributed by atoms with Gasteiger partial charge in [0.2, 0.25) is 0 Å². The van der Waals surface area contributed by atoms with Gasteiger partial charge in [0.1, 0.15) is 6.07 Å². The van der Waals surface area contributed by atoms with E-state index in [0.29, 0.717) is 5.41 Å². The van der Waals surface area contributed by atoms with Crippen LogP contribution in [-0.4, -0.2) is 6.26 Å². The molecule has 92 valence electrons. The second kappa shape index (κ2) is 5.60. The zero-order valence-electron chi connectivity index (χ0n) is 11.4.